The van der Waals surface area contributed by atoms with E-state index in [0.29, 0.717) is 0 Å². The number of nitrogens with zero attached hydrogens (tertiary/aromatic N) is 1. The second-order valence-electron chi connectivity index (χ2n) is 4.12. The molecule has 4 nitrogen and oxygen atoms in total. The molecule has 0 aromatic heterocycles. The van der Waals surface area contributed by atoms with E-state index in [1.165, 1.54) is 11.0 Å². The van der Waals surface area contributed by atoms with Crippen LogP contribution in [0.15, 0.2) is 18.2 Å². The van der Waals surface area contributed by atoms with Gasteiger partial charge in [-0.25, -0.2) is 4.39 Å². The minimum absolute atomic E-state index is 0.166. The van der Waals surface area contributed by atoms with Crippen molar-refractivity contribution < 1.29 is 19.1 Å². The Bertz CT molecular complexity index is 487. The summed E-state index contributed by atoms with van der Waals surface area (Å²) in [6.45, 7) is 2.04. The molecule has 0 saturated carbocycles. The second-order valence-corrected chi connectivity index (χ2v) is 4.12. The average molecular weight is 237 g/mol. The van der Waals surface area contributed by atoms with Gasteiger partial charge in [0.05, 0.1) is 5.69 Å². The Balaban J connectivity index is 2.33. The Morgan fingerprint density at radius 3 is 2.82 bits per heavy atom. The maximum atomic E-state index is 13.6. The summed E-state index contributed by atoms with van der Waals surface area (Å²) in [5.74, 6) is -3.24. The molecule has 0 radical (unpaired) electrons. The molecule has 1 fully saturated rings. The summed E-state index contributed by atoms with van der Waals surface area (Å²) in [4.78, 5) is 23.8. The van der Waals surface area contributed by atoms with E-state index in [-0.39, 0.29) is 18.7 Å². The molecule has 1 heterocycles. The van der Waals surface area contributed by atoms with E-state index in [2.05, 4.69) is 0 Å². The molecular formula is C12H12FNO3. The lowest BCUT2D eigenvalue weighted by Crippen LogP contribution is -2.30. The number of hydrogen-bond acceptors (Lipinski definition) is 2. The molecule has 1 saturated heterocycles. The molecule has 5 heteroatoms. The Morgan fingerprint density at radius 1 is 1.53 bits per heavy atom. The van der Waals surface area contributed by atoms with Crippen LogP contribution < -0.4 is 4.90 Å². The first-order valence-corrected chi connectivity index (χ1v) is 5.31. The third-order valence-corrected chi connectivity index (χ3v) is 2.90. The van der Waals surface area contributed by atoms with E-state index >= 15 is 0 Å². The lowest BCUT2D eigenvalue weighted by Gasteiger charge is -2.17. The number of carbonyl (C=O) groups excluding carboxylic acids is 1. The zero-order valence-corrected chi connectivity index (χ0v) is 9.31. The van der Waals surface area contributed by atoms with Crippen molar-refractivity contribution in [3.8, 4) is 0 Å². The third-order valence-electron chi connectivity index (χ3n) is 2.90. The number of carboxylic acid groups (broad SMARTS) is 1. The number of carboxylic acids is 1. The molecule has 1 N–H and O–H groups in total. The number of anilines is 1. The van der Waals surface area contributed by atoms with E-state index in [1.807, 2.05) is 0 Å². The summed E-state index contributed by atoms with van der Waals surface area (Å²) in [5, 5.41) is 8.83. The van der Waals surface area contributed by atoms with E-state index in [4.69, 9.17) is 5.11 Å². The number of aliphatic carboxylic acids is 1. The number of aryl methyl sites for hydroxylation is 1. The molecular weight excluding hydrogens is 225 g/mol. The van der Waals surface area contributed by atoms with Gasteiger partial charge in [-0.3, -0.25) is 9.59 Å². The van der Waals surface area contributed by atoms with E-state index in [1.54, 1.807) is 19.1 Å². The van der Waals surface area contributed by atoms with Gasteiger partial charge in [0.1, 0.15) is 11.7 Å². The number of carbonyl (C=O) groups is 2. The van der Waals surface area contributed by atoms with Gasteiger partial charge in [0.2, 0.25) is 5.91 Å². The number of hydrogen-bond donors (Lipinski definition) is 1. The van der Waals surface area contributed by atoms with Crippen molar-refractivity contribution in [2.45, 2.75) is 13.3 Å². The van der Waals surface area contributed by atoms with Crippen molar-refractivity contribution >= 4 is 17.6 Å². The van der Waals surface area contributed by atoms with Gasteiger partial charge in [-0.15, -0.1) is 0 Å². The normalized spacial score (nSPS) is 19.8. The molecule has 1 aromatic carbocycles. The average Bonchev–Trinajstić information content (AvgIpc) is 2.64. The van der Waals surface area contributed by atoms with Gasteiger partial charge in [-0.05, 0) is 31.0 Å². The number of amides is 1. The van der Waals surface area contributed by atoms with Crippen molar-refractivity contribution in [1.82, 2.24) is 0 Å². The Labute approximate surface area is 97.7 Å². The van der Waals surface area contributed by atoms with Crippen molar-refractivity contribution in [1.29, 1.82) is 0 Å². The molecule has 17 heavy (non-hydrogen) atoms. The monoisotopic (exact) mass is 237 g/mol. The van der Waals surface area contributed by atoms with E-state index in [9.17, 15) is 14.0 Å². The number of benzene rings is 1. The Kier molecular flexibility index (Phi) is 2.83. The van der Waals surface area contributed by atoms with Crippen LogP contribution in [0, 0.1) is 18.7 Å². The minimum atomic E-state index is -1.15. The minimum Gasteiger partial charge on any atom is -0.481 e. The lowest BCUT2D eigenvalue weighted by atomic mass is 10.1. The zero-order chi connectivity index (χ0) is 12.6. The summed E-state index contributed by atoms with van der Waals surface area (Å²) in [7, 11) is 0. The van der Waals surface area contributed by atoms with Gasteiger partial charge >= 0.3 is 5.97 Å². The molecule has 1 unspecified atom stereocenters. The quantitative estimate of drug-likeness (QED) is 0.794. The van der Waals surface area contributed by atoms with Crippen LogP contribution in [0.4, 0.5) is 10.1 Å². The highest BCUT2D eigenvalue weighted by Gasteiger charge is 2.38. The first kappa shape index (κ1) is 11.6. The van der Waals surface area contributed by atoms with E-state index in [0.717, 1.165) is 5.56 Å². The highest BCUT2D eigenvalue weighted by Crippen LogP contribution is 2.28. The summed E-state index contributed by atoms with van der Waals surface area (Å²) in [6.07, 6.45) is 0.224. The van der Waals surface area contributed by atoms with Crippen LogP contribution in [0.25, 0.3) is 0 Å². The van der Waals surface area contributed by atoms with Gasteiger partial charge in [0, 0.05) is 6.54 Å². The largest absolute Gasteiger partial charge is 0.481 e. The molecule has 2 rings (SSSR count). The standard InChI is InChI=1S/C12H12FNO3/c1-7-2-3-9(13)10(6-7)14-5-4-8(11(14)15)12(16)17/h2-3,6,8H,4-5H2,1H3,(H,16,17). The van der Waals surface area contributed by atoms with Crippen molar-refractivity contribution in [3.63, 3.8) is 0 Å². The smallest absolute Gasteiger partial charge is 0.316 e. The third kappa shape index (κ3) is 2.00. The molecule has 90 valence electrons. The highest BCUT2D eigenvalue weighted by atomic mass is 19.1. The summed E-state index contributed by atoms with van der Waals surface area (Å²) in [6, 6.07) is 4.44. The second kappa shape index (κ2) is 4.16. The summed E-state index contributed by atoms with van der Waals surface area (Å²) in [5.41, 5.74) is 0.992. The van der Waals surface area contributed by atoms with Gasteiger partial charge in [0.15, 0.2) is 0 Å². The van der Waals surface area contributed by atoms with E-state index < -0.39 is 23.6 Å². The fourth-order valence-corrected chi connectivity index (χ4v) is 1.98. The van der Waals surface area contributed by atoms with Crippen LogP contribution in [0.5, 0.6) is 0 Å². The Hall–Kier alpha value is -1.91. The topological polar surface area (TPSA) is 57.6 Å². The fraction of sp³-hybridized carbons (Fsp3) is 0.333. The number of halogens is 1. The maximum Gasteiger partial charge on any atom is 0.316 e. The van der Waals surface area contributed by atoms with Crippen LogP contribution in [-0.4, -0.2) is 23.5 Å². The molecule has 1 amide bonds. The first-order chi connectivity index (χ1) is 8.00. The number of rotatable bonds is 2. The lowest BCUT2D eigenvalue weighted by molar-refractivity contribution is -0.144. The van der Waals surface area contributed by atoms with Gasteiger partial charge in [-0.2, -0.15) is 0 Å². The van der Waals surface area contributed by atoms with Crippen LogP contribution in [0.3, 0.4) is 0 Å². The fourth-order valence-electron chi connectivity index (χ4n) is 1.98. The van der Waals surface area contributed by atoms with Crippen molar-refractivity contribution in [2.24, 2.45) is 5.92 Å². The van der Waals surface area contributed by atoms with Crippen LogP contribution in [-0.2, 0) is 9.59 Å². The van der Waals surface area contributed by atoms with Gasteiger partial charge in [0.25, 0.3) is 0 Å². The van der Waals surface area contributed by atoms with Crippen LogP contribution in [0.2, 0.25) is 0 Å². The summed E-state index contributed by atoms with van der Waals surface area (Å²) >= 11 is 0. The molecule has 1 aliphatic heterocycles. The maximum absolute atomic E-state index is 13.6. The van der Waals surface area contributed by atoms with Crippen molar-refractivity contribution in [3.05, 3.63) is 29.6 Å². The highest BCUT2D eigenvalue weighted by molar-refractivity contribution is 6.07. The van der Waals surface area contributed by atoms with Crippen LogP contribution >= 0.6 is 0 Å². The van der Waals surface area contributed by atoms with Gasteiger partial charge < -0.3 is 10.0 Å². The molecule has 1 aliphatic rings. The Morgan fingerprint density at radius 2 is 2.24 bits per heavy atom. The summed E-state index contributed by atoms with van der Waals surface area (Å²) < 4.78 is 13.6. The zero-order valence-electron chi connectivity index (χ0n) is 9.31. The first-order valence-electron chi connectivity index (χ1n) is 5.31. The van der Waals surface area contributed by atoms with Gasteiger partial charge in [-0.1, -0.05) is 6.07 Å². The molecule has 1 atom stereocenters. The van der Waals surface area contributed by atoms with Crippen molar-refractivity contribution in [2.75, 3.05) is 11.4 Å². The SMILES string of the molecule is Cc1ccc(F)c(N2CCC(C(=O)O)C2=O)c1. The predicted octanol–water partition coefficient (Wildman–Crippen LogP) is 1.57. The van der Waals surface area contributed by atoms with Crippen LogP contribution in [0.1, 0.15) is 12.0 Å². The molecule has 0 bridgehead atoms. The molecule has 1 aromatic rings. The molecule has 0 spiro atoms. The molecule has 0 aliphatic carbocycles. The predicted molar refractivity (Wildman–Crippen MR) is 59.2 cm³/mol.